The first-order valence-electron chi connectivity index (χ1n) is 7.05. The summed E-state index contributed by atoms with van der Waals surface area (Å²) >= 11 is 0. The van der Waals surface area contributed by atoms with E-state index >= 15 is 0 Å². The van der Waals surface area contributed by atoms with Gasteiger partial charge in [-0.25, -0.2) is 0 Å². The number of amides is 1. The number of nitrogens with zero attached hydrogens (tertiary/aromatic N) is 2. The Hall–Kier alpha value is -0.610. The minimum absolute atomic E-state index is 0.179. The molecule has 2 aliphatic heterocycles. The van der Waals surface area contributed by atoms with Gasteiger partial charge in [-0.05, 0) is 59.2 Å². The molecule has 0 radical (unpaired) electrons. The molecule has 2 saturated heterocycles. The topological polar surface area (TPSA) is 43.8 Å². The Bertz CT molecular complexity index is 309. The van der Waals surface area contributed by atoms with Gasteiger partial charge >= 0.3 is 0 Å². The molecule has 4 nitrogen and oxygen atoms in total. The smallest absolute Gasteiger partial charge is 0.223 e. The molecular formula is C14H26N2O2. The van der Waals surface area contributed by atoms with Crippen LogP contribution in [0, 0.1) is 5.92 Å². The van der Waals surface area contributed by atoms with E-state index in [1.165, 1.54) is 0 Å². The van der Waals surface area contributed by atoms with Gasteiger partial charge in [-0.1, -0.05) is 0 Å². The van der Waals surface area contributed by atoms with E-state index < -0.39 is 0 Å². The maximum atomic E-state index is 12.4. The number of likely N-dealkylation sites (tertiary alicyclic amines) is 2. The predicted molar refractivity (Wildman–Crippen MR) is 71.3 cm³/mol. The molecule has 104 valence electrons. The monoisotopic (exact) mass is 254 g/mol. The SMILES string of the molecule is CN1CCC(CC(=O)N2CC(O)CC2(C)C)CC1. The summed E-state index contributed by atoms with van der Waals surface area (Å²) in [6.07, 6.45) is 3.26. The molecule has 0 bridgehead atoms. The summed E-state index contributed by atoms with van der Waals surface area (Å²) in [5.41, 5.74) is -0.179. The molecule has 18 heavy (non-hydrogen) atoms. The molecule has 0 aromatic rings. The molecule has 2 aliphatic rings. The molecule has 0 spiro atoms. The van der Waals surface area contributed by atoms with Crippen molar-refractivity contribution in [3.8, 4) is 0 Å². The molecule has 0 aromatic carbocycles. The molecule has 0 saturated carbocycles. The summed E-state index contributed by atoms with van der Waals surface area (Å²) in [7, 11) is 2.14. The van der Waals surface area contributed by atoms with Crippen LogP contribution < -0.4 is 0 Å². The van der Waals surface area contributed by atoms with Crippen LogP contribution in [0.2, 0.25) is 0 Å². The first kappa shape index (κ1) is 13.8. The van der Waals surface area contributed by atoms with Gasteiger partial charge in [0.15, 0.2) is 0 Å². The van der Waals surface area contributed by atoms with Gasteiger partial charge in [0.2, 0.25) is 5.91 Å². The van der Waals surface area contributed by atoms with Crippen molar-refractivity contribution >= 4 is 5.91 Å². The van der Waals surface area contributed by atoms with Gasteiger partial charge in [0, 0.05) is 18.5 Å². The molecule has 1 atom stereocenters. The van der Waals surface area contributed by atoms with E-state index in [9.17, 15) is 9.90 Å². The van der Waals surface area contributed by atoms with Gasteiger partial charge in [-0.2, -0.15) is 0 Å². The van der Waals surface area contributed by atoms with E-state index in [1.807, 2.05) is 4.90 Å². The Morgan fingerprint density at radius 3 is 2.44 bits per heavy atom. The number of carbonyl (C=O) groups excluding carboxylic acids is 1. The zero-order chi connectivity index (χ0) is 13.3. The Morgan fingerprint density at radius 1 is 1.33 bits per heavy atom. The summed E-state index contributed by atoms with van der Waals surface area (Å²) in [5.74, 6) is 0.758. The highest BCUT2D eigenvalue weighted by Gasteiger charge is 2.40. The number of aliphatic hydroxyl groups is 1. The van der Waals surface area contributed by atoms with Crippen LogP contribution in [0.4, 0.5) is 0 Å². The molecular weight excluding hydrogens is 228 g/mol. The second-order valence-corrected chi connectivity index (χ2v) is 6.63. The average molecular weight is 254 g/mol. The minimum atomic E-state index is -0.346. The summed E-state index contributed by atoms with van der Waals surface area (Å²) in [6.45, 7) is 6.82. The van der Waals surface area contributed by atoms with Crippen molar-refractivity contribution in [2.45, 2.75) is 51.2 Å². The van der Waals surface area contributed by atoms with Crippen LogP contribution in [-0.4, -0.2) is 59.1 Å². The number of β-amino-alcohol motifs (C(OH)–C–C–N with tert-alkyl or cyclic N) is 1. The van der Waals surface area contributed by atoms with Crippen molar-refractivity contribution in [2.24, 2.45) is 5.92 Å². The van der Waals surface area contributed by atoms with E-state index in [4.69, 9.17) is 0 Å². The summed E-state index contributed by atoms with van der Waals surface area (Å²) in [6, 6.07) is 0. The lowest BCUT2D eigenvalue weighted by atomic mass is 9.92. The molecule has 0 aliphatic carbocycles. The Morgan fingerprint density at radius 2 is 1.94 bits per heavy atom. The van der Waals surface area contributed by atoms with Crippen molar-refractivity contribution in [3.63, 3.8) is 0 Å². The highest BCUT2D eigenvalue weighted by atomic mass is 16.3. The van der Waals surface area contributed by atoms with Crippen LogP contribution in [0.3, 0.4) is 0 Å². The van der Waals surface area contributed by atoms with Crippen molar-refractivity contribution in [2.75, 3.05) is 26.7 Å². The standard InChI is InChI=1S/C14H26N2O2/c1-14(2)9-12(17)10-16(14)13(18)8-11-4-6-15(3)7-5-11/h11-12,17H,4-10H2,1-3H3. The summed E-state index contributed by atoms with van der Waals surface area (Å²) in [4.78, 5) is 16.6. The molecule has 0 aromatic heterocycles. The van der Waals surface area contributed by atoms with Crippen molar-refractivity contribution < 1.29 is 9.90 Å². The van der Waals surface area contributed by atoms with Crippen LogP contribution in [0.15, 0.2) is 0 Å². The number of rotatable bonds is 2. The third-order valence-electron chi connectivity index (χ3n) is 4.46. The molecule has 2 rings (SSSR count). The Kier molecular flexibility index (Phi) is 3.97. The highest BCUT2D eigenvalue weighted by Crippen LogP contribution is 2.31. The van der Waals surface area contributed by atoms with E-state index in [-0.39, 0.29) is 17.6 Å². The zero-order valence-corrected chi connectivity index (χ0v) is 11.9. The number of carbonyl (C=O) groups is 1. The Balaban J connectivity index is 1.88. The maximum absolute atomic E-state index is 12.4. The predicted octanol–water partition coefficient (Wildman–Crippen LogP) is 1.09. The maximum Gasteiger partial charge on any atom is 0.223 e. The molecule has 1 N–H and O–H groups in total. The lowest BCUT2D eigenvalue weighted by molar-refractivity contribution is -0.135. The first-order valence-corrected chi connectivity index (χ1v) is 7.05. The molecule has 2 fully saturated rings. The fraction of sp³-hybridized carbons (Fsp3) is 0.929. The van der Waals surface area contributed by atoms with Crippen LogP contribution in [0.5, 0.6) is 0 Å². The minimum Gasteiger partial charge on any atom is -0.391 e. The summed E-state index contributed by atoms with van der Waals surface area (Å²) in [5, 5.41) is 9.72. The second-order valence-electron chi connectivity index (χ2n) is 6.63. The van der Waals surface area contributed by atoms with Crippen molar-refractivity contribution in [1.29, 1.82) is 0 Å². The number of piperidine rings is 1. The number of hydrogen-bond donors (Lipinski definition) is 1. The van der Waals surface area contributed by atoms with E-state index in [0.717, 1.165) is 25.9 Å². The fourth-order valence-corrected chi connectivity index (χ4v) is 3.27. The van der Waals surface area contributed by atoms with Crippen LogP contribution in [0.25, 0.3) is 0 Å². The molecule has 1 unspecified atom stereocenters. The molecule has 4 heteroatoms. The normalized spacial score (nSPS) is 29.8. The van der Waals surface area contributed by atoms with Gasteiger partial charge in [-0.15, -0.1) is 0 Å². The lowest BCUT2D eigenvalue weighted by Gasteiger charge is -2.34. The van der Waals surface area contributed by atoms with Gasteiger partial charge in [0.25, 0.3) is 0 Å². The molecule has 2 heterocycles. The Labute approximate surface area is 110 Å². The van der Waals surface area contributed by atoms with Gasteiger partial charge < -0.3 is 14.9 Å². The largest absolute Gasteiger partial charge is 0.391 e. The van der Waals surface area contributed by atoms with Crippen LogP contribution >= 0.6 is 0 Å². The van der Waals surface area contributed by atoms with Crippen LogP contribution in [-0.2, 0) is 4.79 Å². The van der Waals surface area contributed by atoms with Gasteiger partial charge in [-0.3, -0.25) is 4.79 Å². The average Bonchev–Trinajstić information content (AvgIpc) is 2.55. The second kappa shape index (κ2) is 5.17. The van der Waals surface area contributed by atoms with Crippen molar-refractivity contribution in [3.05, 3.63) is 0 Å². The van der Waals surface area contributed by atoms with Crippen molar-refractivity contribution in [1.82, 2.24) is 9.80 Å². The third kappa shape index (κ3) is 3.04. The third-order valence-corrected chi connectivity index (χ3v) is 4.46. The van der Waals surface area contributed by atoms with Gasteiger partial charge in [0.1, 0.15) is 0 Å². The quantitative estimate of drug-likeness (QED) is 0.802. The van der Waals surface area contributed by atoms with E-state index in [0.29, 0.717) is 25.3 Å². The van der Waals surface area contributed by atoms with E-state index in [2.05, 4.69) is 25.8 Å². The zero-order valence-electron chi connectivity index (χ0n) is 11.9. The number of hydrogen-bond acceptors (Lipinski definition) is 3. The summed E-state index contributed by atoms with van der Waals surface area (Å²) < 4.78 is 0. The van der Waals surface area contributed by atoms with Crippen LogP contribution in [0.1, 0.15) is 39.5 Å². The number of aliphatic hydroxyl groups excluding tert-OH is 1. The highest BCUT2D eigenvalue weighted by molar-refractivity contribution is 5.77. The van der Waals surface area contributed by atoms with Gasteiger partial charge in [0.05, 0.1) is 6.10 Å². The fourth-order valence-electron chi connectivity index (χ4n) is 3.27. The lowest BCUT2D eigenvalue weighted by Crippen LogP contribution is -2.44. The first-order chi connectivity index (χ1) is 8.38. The van der Waals surface area contributed by atoms with E-state index in [1.54, 1.807) is 0 Å². The molecule has 1 amide bonds.